The average molecular weight is 332 g/mol. The van der Waals surface area contributed by atoms with Crippen molar-refractivity contribution in [1.29, 1.82) is 0 Å². The lowest BCUT2D eigenvalue weighted by molar-refractivity contribution is 0.475. The maximum Gasteiger partial charge on any atom is 0.115 e. The van der Waals surface area contributed by atoms with E-state index in [1.54, 1.807) is 12.1 Å². The molecule has 0 aromatic heterocycles. The monoisotopic (exact) mass is 331 g/mol. The van der Waals surface area contributed by atoms with E-state index in [9.17, 15) is 5.11 Å². The van der Waals surface area contributed by atoms with Gasteiger partial charge in [0.2, 0.25) is 0 Å². The van der Waals surface area contributed by atoms with Crippen LogP contribution in [0.3, 0.4) is 0 Å². The summed E-state index contributed by atoms with van der Waals surface area (Å²) in [5.41, 5.74) is 14.8. The summed E-state index contributed by atoms with van der Waals surface area (Å²) < 4.78 is 0. The van der Waals surface area contributed by atoms with Gasteiger partial charge in [-0.05, 0) is 41.5 Å². The highest BCUT2D eigenvalue weighted by atomic mass is 35.5. The lowest BCUT2D eigenvalue weighted by Crippen LogP contribution is -2.29. The van der Waals surface area contributed by atoms with Crippen molar-refractivity contribution in [1.82, 2.24) is 5.32 Å². The Bertz CT molecular complexity index is 638. The van der Waals surface area contributed by atoms with Crippen LogP contribution >= 0.6 is 11.6 Å². The van der Waals surface area contributed by atoms with Crippen molar-refractivity contribution >= 4 is 11.6 Å². The van der Waals surface area contributed by atoms with Crippen LogP contribution in [0, 0.1) is 0 Å². The van der Waals surface area contributed by atoms with E-state index in [1.165, 1.54) is 0 Å². The molecule has 0 saturated heterocycles. The third-order valence-electron chi connectivity index (χ3n) is 3.45. The highest BCUT2D eigenvalue weighted by Gasteiger charge is 2.04. The topological polar surface area (TPSA) is 84.3 Å². The number of nitrogens with two attached hydrogens (primary N) is 2. The largest absolute Gasteiger partial charge is 0.508 e. The lowest BCUT2D eigenvalue weighted by atomic mass is 10.1. The van der Waals surface area contributed by atoms with Gasteiger partial charge in [-0.25, -0.2) is 0 Å². The first-order chi connectivity index (χ1) is 11.1. The summed E-state index contributed by atoms with van der Waals surface area (Å²) in [6.45, 7) is 1.07. The Balaban J connectivity index is 2.06. The van der Waals surface area contributed by atoms with Gasteiger partial charge in [0.25, 0.3) is 0 Å². The highest BCUT2D eigenvalue weighted by molar-refractivity contribution is 6.30. The molecule has 0 heterocycles. The molecule has 0 amide bonds. The Morgan fingerprint density at radius 3 is 2.30 bits per heavy atom. The van der Waals surface area contributed by atoms with Gasteiger partial charge in [-0.1, -0.05) is 35.9 Å². The molecule has 4 nitrogen and oxygen atoms in total. The Morgan fingerprint density at radius 2 is 1.70 bits per heavy atom. The molecule has 0 aliphatic carbocycles. The summed E-state index contributed by atoms with van der Waals surface area (Å²) in [6.07, 6.45) is 2.64. The Hall–Kier alpha value is -2.01. The Kier molecular flexibility index (Phi) is 6.47. The van der Waals surface area contributed by atoms with Crippen molar-refractivity contribution in [2.45, 2.75) is 19.0 Å². The quantitative estimate of drug-likeness (QED) is 0.628. The zero-order valence-electron chi connectivity index (χ0n) is 12.9. The zero-order chi connectivity index (χ0) is 16.7. The second-order valence-electron chi connectivity index (χ2n) is 5.41. The van der Waals surface area contributed by atoms with E-state index in [4.69, 9.17) is 23.1 Å². The Labute approximate surface area is 141 Å². The zero-order valence-corrected chi connectivity index (χ0v) is 13.6. The molecule has 0 aliphatic rings. The number of phenols is 1. The fraction of sp³-hybridized carbons (Fsp3) is 0.222. The summed E-state index contributed by atoms with van der Waals surface area (Å²) in [7, 11) is 0. The van der Waals surface area contributed by atoms with Crippen LogP contribution in [0.15, 0.2) is 60.3 Å². The normalized spacial score (nSPS) is 12.9. The molecule has 2 rings (SSSR count). The van der Waals surface area contributed by atoms with Crippen molar-refractivity contribution in [3.05, 3.63) is 76.5 Å². The number of benzene rings is 2. The summed E-state index contributed by atoms with van der Waals surface area (Å²) in [6, 6.07) is 14.6. The minimum Gasteiger partial charge on any atom is -0.508 e. The van der Waals surface area contributed by atoms with Crippen LogP contribution in [0.5, 0.6) is 5.75 Å². The second kappa shape index (κ2) is 8.58. The first-order valence-electron chi connectivity index (χ1n) is 7.49. The number of hydrogen-bond acceptors (Lipinski definition) is 4. The number of aromatic hydroxyl groups is 1. The van der Waals surface area contributed by atoms with Gasteiger partial charge < -0.3 is 21.9 Å². The fourth-order valence-electron chi connectivity index (χ4n) is 2.16. The first-order valence-corrected chi connectivity index (χ1v) is 7.87. The molecule has 1 atom stereocenters. The number of nitrogens with one attached hydrogen (secondary N) is 1. The molecule has 0 fully saturated rings. The molecule has 0 saturated carbocycles. The first kappa shape index (κ1) is 17.3. The predicted octanol–water partition coefficient (Wildman–Crippen LogP) is 2.55. The maximum atomic E-state index is 9.37. The highest BCUT2D eigenvalue weighted by Crippen LogP contribution is 2.14. The summed E-state index contributed by atoms with van der Waals surface area (Å²) >= 11 is 5.90. The van der Waals surface area contributed by atoms with Gasteiger partial charge in [0.1, 0.15) is 5.75 Å². The van der Waals surface area contributed by atoms with Gasteiger partial charge in [0.15, 0.2) is 0 Å². The summed E-state index contributed by atoms with van der Waals surface area (Å²) in [5.74, 6) is 0.257. The van der Waals surface area contributed by atoms with Crippen LogP contribution in [0.1, 0.15) is 11.1 Å². The van der Waals surface area contributed by atoms with Crippen LogP contribution in [0.4, 0.5) is 0 Å². The van der Waals surface area contributed by atoms with E-state index >= 15 is 0 Å². The summed E-state index contributed by atoms with van der Waals surface area (Å²) in [5, 5.41) is 13.5. The minimum absolute atomic E-state index is 0.195. The van der Waals surface area contributed by atoms with Crippen LogP contribution in [0.2, 0.25) is 5.02 Å². The third kappa shape index (κ3) is 5.94. The smallest absolute Gasteiger partial charge is 0.115 e. The van der Waals surface area contributed by atoms with Crippen LogP contribution in [-0.4, -0.2) is 17.7 Å². The van der Waals surface area contributed by atoms with Crippen molar-refractivity contribution in [2.24, 2.45) is 11.5 Å². The number of rotatable bonds is 7. The van der Waals surface area contributed by atoms with E-state index in [1.807, 2.05) is 42.5 Å². The van der Waals surface area contributed by atoms with E-state index in [-0.39, 0.29) is 11.8 Å². The predicted molar refractivity (Wildman–Crippen MR) is 95.2 cm³/mol. The molecule has 0 bridgehead atoms. The van der Waals surface area contributed by atoms with Gasteiger partial charge in [0.05, 0.1) is 0 Å². The van der Waals surface area contributed by atoms with E-state index in [0.717, 1.165) is 21.8 Å². The lowest BCUT2D eigenvalue weighted by Gasteiger charge is -2.14. The van der Waals surface area contributed by atoms with Gasteiger partial charge in [-0.2, -0.15) is 0 Å². The maximum absolute atomic E-state index is 9.37. The van der Waals surface area contributed by atoms with E-state index < -0.39 is 0 Å². The molecule has 122 valence electrons. The minimum atomic E-state index is -0.195. The van der Waals surface area contributed by atoms with Crippen molar-refractivity contribution < 1.29 is 5.11 Å². The molecule has 2 aromatic carbocycles. The Morgan fingerprint density at radius 1 is 1.09 bits per heavy atom. The molecule has 5 heteroatoms. The van der Waals surface area contributed by atoms with Crippen molar-refractivity contribution in [3.8, 4) is 5.75 Å². The number of halogens is 1. The fourth-order valence-corrected chi connectivity index (χ4v) is 2.28. The molecule has 23 heavy (non-hydrogen) atoms. The number of hydrogen-bond donors (Lipinski definition) is 4. The number of allylic oxidation sites excluding steroid dienone is 1. The second-order valence-corrected chi connectivity index (χ2v) is 5.85. The molecule has 0 aliphatic heterocycles. The van der Waals surface area contributed by atoms with Gasteiger partial charge in [0, 0.05) is 36.3 Å². The third-order valence-corrected chi connectivity index (χ3v) is 3.70. The van der Waals surface area contributed by atoms with Crippen LogP contribution in [0.25, 0.3) is 0 Å². The standard InChI is InChI=1S/C18H22ClN3O/c19-15-5-1-14(2-6-15)12-22-17(10-16(21)11-20)9-13-3-7-18(23)8-4-13/h1-8,10,16,22-23H,9,11-12,20-21H2/b17-10-. The molecule has 1 unspecified atom stereocenters. The van der Waals surface area contributed by atoms with Crippen molar-refractivity contribution in [2.75, 3.05) is 6.54 Å². The van der Waals surface area contributed by atoms with Crippen molar-refractivity contribution in [3.63, 3.8) is 0 Å². The number of phenolic OH excluding ortho intramolecular Hbond substituents is 1. The van der Waals surface area contributed by atoms with E-state index in [2.05, 4.69) is 5.32 Å². The molecule has 0 spiro atoms. The molecule has 2 aromatic rings. The van der Waals surface area contributed by atoms with Gasteiger partial charge in [-0.15, -0.1) is 0 Å². The van der Waals surface area contributed by atoms with Gasteiger partial charge >= 0.3 is 0 Å². The molecular formula is C18H22ClN3O. The van der Waals surface area contributed by atoms with Gasteiger partial charge in [-0.3, -0.25) is 0 Å². The van der Waals surface area contributed by atoms with Crippen LogP contribution < -0.4 is 16.8 Å². The molecule has 0 radical (unpaired) electrons. The van der Waals surface area contributed by atoms with Crippen LogP contribution in [-0.2, 0) is 13.0 Å². The van der Waals surface area contributed by atoms with E-state index in [0.29, 0.717) is 19.5 Å². The average Bonchev–Trinajstić information content (AvgIpc) is 2.56. The SMILES string of the molecule is NCC(N)/C=C(/Cc1ccc(O)cc1)NCc1ccc(Cl)cc1. The summed E-state index contributed by atoms with van der Waals surface area (Å²) in [4.78, 5) is 0. The molecular weight excluding hydrogens is 310 g/mol. The molecule has 6 N–H and O–H groups in total.